The van der Waals surface area contributed by atoms with E-state index in [0.29, 0.717) is 13.2 Å². The largest absolute Gasteiger partial charge is 0.494 e. The van der Waals surface area contributed by atoms with Crippen LogP contribution in [0.25, 0.3) is 22.3 Å². The van der Waals surface area contributed by atoms with Crippen LogP contribution in [0.1, 0.15) is 19.4 Å². The van der Waals surface area contributed by atoms with Gasteiger partial charge in [0.2, 0.25) is 0 Å². The van der Waals surface area contributed by atoms with Crippen LogP contribution in [0.3, 0.4) is 0 Å². The number of ether oxygens (including phenoxy) is 2. The normalized spacial score (nSPS) is 10.4. The lowest BCUT2D eigenvalue weighted by Gasteiger charge is -2.19. The van der Waals surface area contributed by atoms with Crippen LogP contribution in [0.2, 0.25) is 0 Å². The Morgan fingerprint density at radius 1 is 0.889 bits per heavy atom. The van der Waals surface area contributed by atoms with Gasteiger partial charge < -0.3 is 9.47 Å². The van der Waals surface area contributed by atoms with Crippen molar-refractivity contribution in [3.63, 3.8) is 0 Å². The Morgan fingerprint density at radius 3 is 2.22 bits per heavy atom. The second-order valence-corrected chi connectivity index (χ2v) is 6.14. The first-order valence-electron chi connectivity index (χ1n) is 9.38. The van der Waals surface area contributed by atoms with Gasteiger partial charge in [0.1, 0.15) is 11.5 Å². The van der Waals surface area contributed by atoms with E-state index in [1.807, 2.05) is 56.3 Å². The van der Waals surface area contributed by atoms with Gasteiger partial charge in [0.05, 0.1) is 13.2 Å². The monoisotopic (exact) mass is 357 g/mol. The van der Waals surface area contributed by atoms with Crippen LogP contribution in [0.4, 0.5) is 0 Å². The third-order valence-corrected chi connectivity index (χ3v) is 4.33. The highest BCUT2D eigenvalue weighted by atomic mass is 16.5. The highest BCUT2D eigenvalue weighted by Gasteiger charge is 2.17. The van der Waals surface area contributed by atoms with Crippen molar-refractivity contribution in [3.05, 3.63) is 84.9 Å². The molecule has 0 aliphatic rings. The van der Waals surface area contributed by atoms with Gasteiger partial charge in [0, 0.05) is 11.1 Å². The summed E-state index contributed by atoms with van der Waals surface area (Å²) in [6.45, 7) is 9.14. The molecule has 2 nitrogen and oxygen atoms in total. The zero-order valence-corrected chi connectivity index (χ0v) is 16.0. The first kappa shape index (κ1) is 18.8. The van der Waals surface area contributed by atoms with E-state index in [0.717, 1.165) is 45.7 Å². The van der Waals surface area contributed by atoms with Crippen molar-refractivity contribution in [2.45, 2.75) is 20.3 Å². The van der Waals surface area contributed by atoms with Gasteiger partial charge >= 0.3 is 0 Å². The molecule has 0 aliphatic heterocycles. The summed E-state index contributed by atoms with van der Waals surface area (Å²) in [7, 11) is 0. The molecule has 0 saturated carbocycles. The Bertz CT molecular complexity index is 880. The molecule has 0 heterocycles. The number of hydrogen-bond acceptors (Lipinski definition) is 2. The van der Waals surface area contributed by atoms with E-state index in [1.165, 1.54) is 0 Å². The molecule has 0 aromatic heterocycles. The second kappa shape index (κ2) is 9.09. The van der Waals surface area contributed by atoms with Crippen molar-refractivity contribution < 1.29 is 9.47 Å². The first-order chi connectivity index (χ1) is 13.3. The number of benzene rings is 3. The molecular weight excluding hydrogens is 332 g/mol. The fourth-order valence-corrected chi connectivity index (χ4v) is 3.18. The minimum Gasteiger partial charge on any atom is -0.494 e. The summed E-state index contributed by atoms with van der Waals surface area (Å²) in [5, 5.41) is 0. The van der Waals surface area contributed by atoms with E-state index >= 15 is 0 Å². The van der Waals surface area contributed by atoms with Crippen LogP contribution >= 0.6 is 0 Å². The third kappa shape index (κ3) is 4.22. The maximum absolute atomic E-state index is 6.12. The average molecular weight is 357 g/mol. The van der Waals surface area contributed by atoms with Crippen LogP contribution in [0, 0.1) is 6.07 Å². The summed E-state index contributed by atoms with van der Waals surface area (Å²) in [6, 6.07) is 24.0. The second-order valence-electron chi connectivity index (χ2n) is 6.14. The molecule has 0 N–H and O–H groups in total. The fourth-order valence-electron chi connectivity index (χ4n) is 3.18. The summed E-state index contributed by atoms with van der Waals surface area (Å²) in [5.74, 6) is 1.77. The van der Waals surface area contributed by atoms with Crippen molar-refractivity contribution in [1.82, 2.24) is 0 Å². The van der Waals surface area contributed by atoms with Gasteiger partial charge in [-0.3, -0.25) is 0 Å². The highest BCUT2D eigenvalue weighted by molar-refractivity contribution is 5.88. The van der Waals surface area contributed by atoms with Crippen molar-refractivity contribution in [3.8, 4) is 33.8 Å². The molecule has 137 valence electrons. The van der Waals surface area contributed by atoms with Crippen LogP contribution in [-0.2, 0) is 6.42 Å². The molecule has 3 aromatic carbocycles. The summed E-state index contributed by atoms with van der Waals surface area (Å²) < 4.78 is 11.7. The van der Waals surface area contributed by atoms with Gasteiger partial charge in [-0.2, -0.15) is 0 Å². The van der Waals surface area contributed by atoms with Gasteiger partial charge in [-0.15, -0.1) is 6.58 Å². The summed E-state index contributed by atoms with van der Waals surface area (Å²) >= 11 is 0. The Kier molecular flexibility index (Phi) is 6.32. The average Bonchev–Trinajstić information content (AvgIpc) is 2.71. The lowest BCUT2D eigenvalue weighted by atomic mass is 9.90. The predicted molar refractivity (Wildman–Crippen MR) is 112 cm³/mol. The van der Waals surface area contributed by atoms with E-state index in [9.17, 15) is 0 Å². The van der Waals surface area contributed by atoms with Crippen LogP contribution < -0.4 is 9.47 Å². The molecular formula is C25H25O2. The smallest absolute Gasteiger partial charge is 0.131 e. The molecule has 27 heavy (non-hydrogen) atoms. The first-order valence-corrected chi connectivity index (χ1v) is 9.38. The van der Waals surface area contributed by atoms with E-state index in [4.69, 9.17) is 9.47 Å². The molecule has 0 fully saturated rings. The van der Waals surface area contributed by atoms with E-state index in [-0.39, 0.29) is 0 Å². The minimum atomic E-state index is 0.604. The topological polar surface area (TPSA) is 18.5 Å². The van der Waals surface area contributed by atoms with Gasteiger partial charge in [-0.05, 0) is 61.2 Å². The molecule has 2 heteroatoms. The zero-order chi connectivity index (χ0) is 19.1. The summed E-state index contributed by atoms with van der Waals surface area (Å²) in [6.07, 6.45) is 2.64. The van der Waals surface area contributed by atoms with E-state index < -0.39 is 0 Å². The number of hydrogen-bond donors (Lipinski definition) is 0. The third-order valence-electron chi connectivity index (χ3n) is 4.33. The van der Waals surface area contributed by atoms with Crippen molar-refractivity contribution in [1.29, 1.82) is 0 Å². The maximum Gasteiger partial charge on any atom is 0.131 e. The Labute approximate surface area is 162 Å². The molecule has 0 atom stereocenters. The van der Waals surface area contributed by atoms with Crippen molar-refractivity contribution >= 4 is 0 Å². The maximum atomic E-state index is 6.12. The minimum absolute atomic E-state index is 0.604. The van der Waals surface area contributed by atoms with Crippen molar-refractivity contribution in [2.24, 2.45) is 0 Å². The summed E-state index contributed by atoms with van der Waals surface area (Å²) in [5.41, 5.74) is 5.40. The SMILES string of the molecule is C=CCc1c[c]c(-c2ccccc2)c(-c2ccc(OCC)cc2)c1OCC. The predicted octanol–water partition coefficient (Wildman–Crippen LogP) is 6.35. The standard InChI is InChI=1S/C25H25O2/c1-4-10-21-15-18-23(19-11-8-7-9-12-19)24(25(21)27-6-3)20-13-16-22(17-14-20)26-5-2/h4,7-9,11-17H,1,5-6,10H2,2-3H3. The molecule has 0 amide bonds. The molecule has 0 unspecified atom stereocenters. The van der Waals surface area contributed by atoms with Gasteiger partial charge in [-0.25, -0.2) is 0 Å². The lowest BCUT2D eigenvalue weighted by molar-refractivity contribution is 0.338. The fraction of sp³-hybridized carbons (Fsp3) is 0.200. The van der Waals surface area contributed by atoms with Gasteiger partial charge in [-0.1, -0.05) is 48.5 Å². The van der Waals surface area contributed by atoms with Crippen LogP contribution in [0.5, 0.6) is 11.5 Å². The highest BCUT2D eigenvalue weighted by Crippen LogP contribution is 2.42. The molecule has 0 aliphatic carbocycles. The molecule has 3 aromatic rings. The number of allylic oxidation sites excluding steroid dienone is 1. The molecule has 0 spiro atoms. The lowest BCUT2D eigenvalue weighted by Crippen LogP contribution is -2.01. The Morgan fingerprint density at radius 2 is 1.59 bits per heavy atom. The van der Waals surface area contributed by atoms with E-state index in [1.54, 1.807) is 0 Å². The van der Waals surface area contributed by atoms with Gasteiger partial charge in [0.25, 0.3) is 0 Å². The number of rotatable bonds is 8. The molecule has 3 rings (SSSR count). The quantitative estimate of drug-likeness (QED) is 0.438. The van der Waals surface area contributed by atoms with Crippen LogP contribution in [-0.4, -0.2) is 13.2 Å². The summed E-state index contributed by atoms with van der Waals surface area (Å²) in [4.78, 5) is 0. The molecule has 0 saturated heterocycles. The zero-order valence-electron chi connectivity index (χ0n) is 16.0. The van der Waals surface area contributed by atoms with Gasteiger partial charge in [0.15, 0.2) is 0 Å². The van der Waals surface area contributed by atoms with Crippen molar-refractivity contribution in [2.75, 3.05) is 13.2 Å². The molecule has 1 radical (unpaired) electrons. The van der Waals surface area contributed by atoms with E-state index in [2.05, 4.69) is 36.9 Å². The Hall–Kier alpha value is -3.00. The Balaban J connectivity index is 2.22. The molecule has 0 bridgehead atoms. The van der Waals surface area contributed by atoms with Crippen LogP contribution in [0.15, 0.2) is 73.3 Å².